The Balaban J connectivity index is 1.42. The molecule has 23 heavy (non-hydrogen) atoms. The summed E-state index contributed by atoms with van der Waals surface area (Å²) in [5, 5.41) is 2.11. The SMILES string of the molecule is CCO[C@H]1CC[C@H]2[C@@H]3CC[C@H]4C[C@@H]5S[C@@H]5C[C@]4(C)[C@H]3CC[C@]12C. The van der Waals surface area contributed by atoms with Gasteiger partial charge in [-0.15, -0.1) is 0 Å². The van der Waals surface area contributed by atoms with Crippen LogP contribution >= 0.6 is 11.8 Å². The average Bonchev–Trinajstić information content (AvgIpc) is 3.18. The lowest BCUT2D eigenvalue weighted by Crippen LogP contribution is -2.54. The standard InChI is InChI=1S/C21H34OS/c1-4-22-19-8-7-15-14-6-5-13-11-17-18(23-17)12-21(13,3)16(14)9-10-20(15,19)2/h13-19H,4-12H2,1-3H3/t13-,14-,15-,16-,17-,18+,19-,20-,21-/m0/s1. The quantitative estimate of drug-likeness (QED) is 0.614. The molecule has 1 aliphatic heterocycles. The minimum atomic E-state index is 0.492. The van der Waals surface area contributed by atoms with Gasteiger partial charge in [0.05, 0.1) is 6.10 Å². The maximum atomic E-state index is 6.21. The molecule has 1 saturated heterocycles. The lowest BCUT2D eigenvalue weighted by molar-refractivity contribution is -0.126. The molecule has 0 N–H and O–H groups in total. The number of ether oxygens (including phenoxy) is 1. The van der Waals surface area contributed by atoms with Crippen molar-refractivity contribution in [2.75, 3.05) is 6.61 Å². The zero-order valence-corrected chi connectivity index (χ0v) is 16.0. The molecule has 0 radical (unpaired) electrons. The van der Waals surface area contributed by atoms with Crippen molar-refractivity contribution in [3.8, 4) is 0 Å². The van der Waals surface area contributed by atoms with E-state index in [2.05, 4.69) is 32.5 Å². The molecule has 5 aliphatic rings. The molecule has 0 bridgehead atoms. The summed E-state index contributed by atoms with van der Waals surface area (Å²) in [7, 11) is 0. The molecule has 1 heterocycles. The highest BCUT2D eigenvalue weighted by Gasteiger charge is 2.63. The average molecular weight is 335 g/mol. The van der Waals surface area contributed by atoms with Crippen molar-refractivity contribution in [2.24, 2.45) is 34.5 Å². The van der Waals surface area contributed by atoms with Gasteiger partial charge in [0.2, 0.25) is 0 Å². The first kappa shape index (κ1) is 15.6. The maximum absolute atomic E-state index is 6.21. The van der Waals surface area contributed by atoms with Gasteiger partial charge in [0.15, 0.2) is 0 Å². The van der Waals surface area contributed by atoms with Crippen molar-refractivity contribution in [3.05, 3.63) is 0 Å². The molecule has 0 aromatic rings. The zero-order valence-electron chi connectivity index (χ0n) is 15.2. The second-order valence-electron chi connectivity index (χ2n) is 9.88. The number of hydrogen-bond donors (Lipinski definition) is 0. The first-order valence-electron chi connectivity index (χ1n) is 10.3. The van der Waals surface area contributed by atoms with Crippen molar-refractivity contribution < 1.29 is 4.74 Å². The molecule has 9 atom stereocenters. The van der Waals surface area contributed by atoms with Crippen LogP contribution in [0.2, 0.25) is 0 Å². The normalized spacial score (nSPS) is 60.4. The number of rotatable bonds is 2. The van der Waals surface area contributed by atoms with Gasteiger partial charge in [0.1, 0.15) is 0 Å². The first-order valence-corrected chi connectivity index (χ1v) is 11.3. The fourth-order valence-electron chi connectivity index (χ4n) is 7.95. The highest BCUT2D eigenvalue weighted by molar-refractivity contribution is 8.07. The van der Waals surface area contributed by atoms with E-state index in [-0.39, 0.29) is 0 Å². The maximum Gasteiger partial charge on any atom is 0.0631 e. The van der Waals surface area contributed by atoms with Crippen molar-refractivity contribution in [1.82, 2.24) is 0 Å². The van der Waals surface area contributed by atoms with Crippen LogP contribution in [-0.2, 0) is 4.74 Å². The summed E-state index contributed by atoms with van der Waals surface area (Å²) in [5.74, 6) is 4.05. The summed E-state index contributed by atoms with van der Waals surface area (Å²) >= 11 is 2.31. The Labute approximate surface area is 146 Å². The van der Waals surface area contributed by atoms with Crippen molar-refractivity contribution in [2.45, 2.75) is 88.7 Å². The molecule has 0 spiro atoms. The second kappa shape index (κ2) is 5.16. The van der Waals surface area contributed by atoms with Crippen LogP contribution in [0.1, 0.15) is 72.1 Å². The topological polar surface area (TPSA) is 9.23 Å². The first-order chi connectivity index (χ1) is 11.1. The lowest BCUT2D eigenvalue weighted by atomic mass is 9.45. The van der Waals surface area contributed by atoms with Crippen LogP contribution in [0.4, 0.5) is 0 Å². The summed E-state index contributed by atoms with van der Waals surface area (Å²) in [6.45, 7) is 8.38. The molecule has 0 aromatic heterocycles. The van der Waals surface area contributed by atoms with Crippen LogP contribution in [0.3, 0.4) is 0 Å². The van der Waals surface area contributed by atoms with E-state index in [9.17, 15) is 0 Å². The van der Waals surface area contributed by atoms with E-state index in [1.165, 1.54) is 38.5 Å². The molecule has 5 rings (SSSR count). The van der Waals surface area contributed by atoms with Gasteiger partial charge in [-0.1, -0.05) is 13.8 Å². The Morgan fingerprint density at radius 2 is 1.78 bits per heavy atom. The predicted octanol–water partition coefficient (Wildman–Crippen LogP) is 5.53. The smallest absolute Gasteiger partial charge is 0.0631 e. The Morgan fingerprint density at radius 3 is 2.61 bits per heavy atom. The molecular formula is C21H34OS. The largest absolute Gasteiger partial charge is 0.378 e. The minimum Gasteiger partial charge on any atom is -0.378 e. The van der Waals surface area contributed by atoms with E-state index in [4.69, 9.17) is 4.74 Å². The molecule has 0 unspecified atom stereocenters. The Hall–Kier alpha value is 0.310. The van der Waals surface area contributed by atoms with Gasteiger partial charge in [0, 0.05) is 17.1 Å². The summed E-state index contributed by atoms with van der Waals surface area (Å²) in [5.41, 5.74) is 1.17. The molecule has 4 saturated carbocycles. The molecule has 2 heteroatoms. The van der Waals surface area contributed by atoms with Crippen molar-refractivity contribution >= 4 is 11.8 Å². The fraction of sp³-hybridized carbons (Fsp3) is 1.00. The highest BCUT2D eigenvalue weighted by Crippen LogP contribution is 2.70. The Morgan fingerprint density at radius 1 is 0.957 bits per heavy atom. The van der Waals surface area contributed by atoms with E-state index in [1.807, 2.05) is 0 Å². The second-order valence-corrected chi connectivity index (χ2v) is 11.4. The molecular weight excluding hydrogens is 300 g/mol. The predicted molar refractivity (Wildman–Crippen MR) is 97.7 cm³/mol. The summed E-state index contributed by atoms with van der Waals surface area (Å²) in [4.78, 5) is 0. The van der Waals surface area contributed by atoms with Crippen LogP contribution in [0.5, 0.6) is 0 Å². The van der Waals surface area contributed by atoms with Crippen LogP contribution in [0, 0.1) is 34.5 Å². The fourth-order valence-corrected chi connectivity index (χ4v) is 9.31. The summed E-state index contributed by atoms with van der Waals surface area (Å²) in [6.07, 6.45) is 12.4. The third-order valence-electron chi connectivity index (χ3n) is 9.19. The van der Waals surface area contributed by atoms with Crippen LogP contribution in [0.25, 0.3) is 0 Å². The molecule has 0 amide bonds. The van der Waals surface area contributed by atoms with E-state index in [0.29, 0.717) is 16.9 Å². The molecule has 5 fully saturated rings. The van der Waals surface area contributed by atoms with Crippen LogP contribution in [0.15, 0.2) is 0 Å². The third kappa shape index (κ3) is 2.09. The molecule has 0 aromatic carbocycles. The summed E-state index contributed by atoms with van der Waals surface area (Å²) in [6, 6.07) is 0. The van der Waals surface area contributed by atoms with E-state index >= 15 is 0 Å². The van der Waals surface area contributed by atoms with Gasteiger partial charge >= 0.3 is 0 Å². The van der Waals surface area contributed by atoms with Crippen molar-refractivity contribution in [3.63, 3.8) is 0 Å². The van der Waals surface area contributed by atoms with Gasteiger partial charge in [-0.05, 0) is 92.8 Å². The Kier molecular flexibility index (Phi) is 3.49. The molecule has 4 aliphatic carbocycles. The number of fused-ring (bicyclic) bond motifs is 6. The number of thioether (sulfide) groups is 1. The van der Waals surface area contributed by atoms with E-state index < -0.39 is 0 Å². The Bertz CT molecular complexity index is 492. The van der Waals surface area contributed by atoms with Gasteiger partial charge in [0.25, 0.3) is 0 Å². The van der Waals surface area contributed by atoms with Gasteiger partial charge < -0.3 is 4.74 Å². The van der Waals surface area contributed by atoms with Crippen LogP contribution in [-0.4, -0.2) is 23.2 Å². The van der Waals surface area contributed by atoms with E-state index in [1.54, 1.807) is 12.8 Å². The minimum absolute atomic E-state index is 0.492. The van der Waals surface area contributed by atoms with Crippen molar-refractivity contribution in [1.29, 1.82) is 0 Å². The highest BCUT2D eigenvalue weighted by atomic mass is 32.2. The summed E-state index contributed by atoms with van der Waals surface area (Å²) < 4.78 is 6.21. The van der Waals surface area contributed by atoms with Gasteiger partial charge in [-0.3, -0.25) is 0 Å². The lowest BCUT2D eigenvalue weighted by Gasteiger charge is -2.60. The van der Waals surface area contributed by atoms with Crippen LogP contribution < -0.4 is 0 Å². The zero-order chi connectivity index (χ0) is 15.8. The monoisotopic (exact) mass is 334 g/mol. The van der Waals surface area contributed by atoms with E-state index in [0.717, 1.165) is 40.8 Å². The number of hydrogen-bond acceptors (Lipinski definition) is 2. The molecule has 130 valence electrons. The van der Waals surface area contributed by atoms with Gasteiger partial charge in [-0.25, -0.2) is 0 Å². The third-order valence-corrected chi connectivity index (χ3v) is 10.6. The van der Waals surface area contributed by atoms with Gasteiger partial charge in [-0.2, -0.15) is 11.8 Å². The molecule has 1 nitrogen and oxygen atoms in total.